The highest BCUT2D eigenvalue weighted by Crippen LogP contribution is 2.19. The predicted octanol–water partition coefficient (Wildman–Crippen LogP) is 1.71. The van der Waals surface area contributed by atoms with E-state index in [9.17, 15) is 4.79 Å². The van der Waals surface area contributed by atoms with E-state index in [1.165, 1.54) is 0 Å². The zero-order chi connectivity index (χ0) is 13.8. The molecule has 5 nitrogen and oxygen atoms in total. The van der Waals surface area contributed by atoms with Crippen molar-refractivity contribution in [3.63, 3.8) is 0 Å². The summed E-state index contributed by atoms with van der Waals surface area (Å²) in [5.41, 5.74) is 1.78. The van der Waals surface area contributed by atoms with Gasteiger partial charge in [0.05, 0.1) is 12.1 Å². The van der Waals surface area contributed by atoms with Gasteiger partial charge in [0.25, 0.3) is 0 Å². The van der Waals surface area contributed by atoms with Gasteiger partial charge in [-0.25, -0.2) is 0 Å². The standard InChI is InChI=1S/C14H23N3O2.ClH/c1-10-13(11(2)19-16-10)8-14(18)17-6-4-12(5-7-17)9-15-3;/h12,15H,4-9H2,1-3H3;1H. The van der Waals surface area contributed by atoms with Crippen LogP contribution in [0.25, 0.3) is 0 Å². The number of piperidine rings is 1. The van der Waals surface area contributed by atoms with Crippen LogP contribution in [0.3, 0.4) is 0 Å². The third-order valence-electron chi connectivity index (χ3n) is 3.97. The lowest BCUT2D eigenvalue weighted by Crippen LogP contribution is -2.41. The van der Waals surface area contributed by atoms with Crippen LogP contribution in [0.1, 0.15) is 29.9 Å². The van der Waals surface area contributed by atoms with Crippen molar-refractivity contribution in [1.29, 1.82) is 0 Å². The minimum Gasteiger partial charge on any atom is -0.361 e. The maximum Gasteiger partial charge on any atom is 0.227 e. The van der Waals surface area contributed by atoms with Crippen molar-refractivity contribution in [2.24, 2.45) is 5.92 Å². The van der Waals surface area contributed by atoms with Crippen LogP contribution in [0.15, 0.2) is 4.52 Å². The van der Waals surface area contributed by atoms with Gasteiger partial charge in [0, 0.05) is 18.7 Å². The zero-order valence-corrected chi connectivity index (χ0v) is 13.3. The van der Waals surface area contributed by atoms with Crippen molar-refractivity contribution in [2.75, 3.05) is 26.7 Å². The molecule has 1 aliphatic heterocycles. The Bertz CT molecular complexity index is 420. The van der Waals surface area contributed by atoms with Crippen LogP contribution in [-0.4, -0.2) is 42.6 Å². The molecule has 1 aromatic rings. The van der Waals surface area contributed by atoms with E-state index >= 15 is 0 Å². The lowest BCUT2D eigenvalue weighted by Gasteiger charge is -2.32. The van der Waals surface area contributed by atoms with Crippen LogP contribution in [-0.2, 0) is 11.2 Å². The molecule has 0 radical (unpaired) electrons. The second kappa shape index (κ2) is 7.64. The van der Waals surface area contributed by atoms with Crippen LogP contribution >= 0.6 is 12.4 Å². The Hall–Kier alpha value is -1.07. The van der Waals surface area contributed by atoms with Crippen LogP contribution in [0.5, 0.6) is 0 Å². The van der Waals surface area contributed by atoms with Crippen molar-refractivity contribution in [3.8, 4) is 0 Å². The van der Waals surface area contributed by atoms with Gasteiger partial charge >= 0.3 is 0 Å². The van der Waals surface area contributed by atoms with E-state index in [1.807, 2.05) is 25.8 Å². The van der Waals surface area contributed by atoms with Crippen LogP contribution in [0.2, 0.25) is 0 Å². The molecule has 1 aromatic heterocycles. The number of likely N-dealkylation sites (tertiary alicyclic amines) is 1. The van der Waals surface area contributed by atoms with Crippen molar-refractivity contribution < 1.29 is 9.32 Å². The largest absolute Gasteiger partial charge is 0.361 e. The third kappa shape index (κ3) is 3.96. The van der Waals surface area contributed by atoms with E-state index in [0.717, 1.165) is 49.5 Å². The fourth-order valence-corrected chi connectivity index (χ4v) is 2.69. The Kier molecular flexibility index (Phi) is 6.49. The molecule has 1 saturated heterocycles. The molecule has 1 amide bonds. The van der Waals surface area contributed by atoms with Gasteiger partial charge in [-0.2, -0.15) is 0 Å². The van der Waals surface area contributed by atoms with Gasteiger partial charge in [-0.3, -0.25) is 4.79 Å². The molecule has 1 N–H and O–H groups in total. The lowest BCUT2D eigenvalue weighted by atomic mass is 9.96. The minimum absolute atomic E-state index is 0. The highest BCUT2D eigenvalue weighted by atomic mass is 35.5. The Morgan fingerprint density at radius 2 is 2.05 bits per heavy atom. The Balaban J connectivity index is 0.00000200. The maximum atomic E-state index is 12.3. The number of halogens is 1. The van der Waals surface area contributed by atoms with Gasteiger partial charge in [-0.1, -0.05) is 5.16 Å². The van der Waals surface area contributed by atoms with Crippen molar-refractivity contribution >= 4 is 18.3 Å². The number of nitrogens with one attached hydrogen (secondary N) is 1. The molecule has 0 spiro atoms. The fraction of sp³-hybridized carbons (Fsp3) is 0.714. The Morgan fingerprint density at radius 1 is 1.40 bits per heavy atom. The molecule has 0 bridgehead atoms. The molecule has 114 valence electrons. The lowest BCUT2D eigenvalue weighted by molar-refractivity contribution is -0.131. The van der Waals surface area contributed by atoms with Gasteiger partial charge in [-0.05, 0) is 46.2 Å². The average molecular weight is 302 g/mol. The quantitative estimate of drug-likeness (QED) is 0.920. The molecule has 6 heteroatoms. The van der Waals surface area contributed by atoms with Gasteiger partial charge in [0.2, 0.25) is 5.91 Å². The van der Waals surface area contributed by atoms with Crippen molar-refractivity contribution in [2.45, 2.75) is 33.1 Å². The highest BCUT2D eigenvalue weighted by Gasteiger charge is 2.24. The molecular weight excluding hydrogens is 278 g/mol. The van der Waals surface area contributed by atoms with E-state index in [4.69, 9.17) is 4.52 Å². The first-order valence-corrected chi connectivity index (χ1v) is 6.96. The second-order valence-corrected chi connectivity index (χ2v) is 5.36. The number of aromatic nitrogens is 1. The topological polar surface area (TPSA) is 58.4 Å². The summed E-state index contributed by atoms with van der Waals surface area (Å²) >= 11 is 0. The third-order valence-corrected chi connectivity index (χ3v) is 3.97. The van der Waals surface area contributed by atoms with E-state index in [1.54, 1.807) is 0 Å². The summed E-state index contributed by atoms with van der Waals surface area (Å²) in [5.74, 6) is 1.65. The number of aryl methyl sites for hydroxylation is 2. The van der Waals surface area contributed by atoms with Crippen molar-refractivity contribution in [1.82, 2.24) is 15.4 Å². The minimum atomic E-state index is 0. The molecule has 2 rings (SSSR count). The smallest absolute Gasteiger partial charge is 0.227 e. The summed E-state index contributed by atoms with van der Waals surface area (Å²) in [5, 5.41) is 7.11. The molecule has 20 heavy (non-hydrogen) atoms. The van der Waals surface area contributed by atoms with E-state index in [0.29, 0.717) is 12.3 Å². The first-order chi connectivity index (χ1) is 9.11. The molecule has 2 heterocycles. The fourth-order valence-electron chi connectivity index (χ4n) is 2.69. The molecule has 0 aliphatic carbocycles. The number of carbonyl (C=O) groups excluding carboxylic acids is 1. The Morgan fingerprint density at radius 3 is 2.55 bits per heavy atom. The predicted molar refractivity (Wildman–Crippen MR) is 80.2 cm³/mol. The summed E-state index contributed by atoms with van der Waals surface area (Å²) in [6, 6.07) is 0. The summed E-state index contributed by atoms with van der Waals surface area (Å²) in [4.78, 5) is 14.2. The molecule has 1 aliphatic rings. The number of nitrogens with zero attached hydrogens (tertiary/aromatic N) is 2. The molecule has 0 aromatic carbocycles. The second-order valence-electron chi connectivity index (χ2n) is 5.36. The van der Waals surface area contributed by atoms with Crippen LogP contribution in [0, 0.1) is 19.8 Å². The van der Waals surface area contributed by atoms with E-state index in [-0.39, 0.29) is 18.3 Å². The average Bonchev–Trinajstić information content (AvgIpc) is 2.72. The monoisotopic (exact) mass is 301 g/mol. The summed E-state index contributed by atoms with van der Waals surface area (Å²) in [7, 11) is 1.98. The van der Waals surface area contributed by atoms with E-state index in [2.05, 4.69) is 10.5 Å². The molecule has 0 saturated carbocycles. The normalized spacial score (nSPS) is 16.1. The highest BCUT2D eigenvalue weighted by molar-refractivity contribution is 5.85. The van der Waals surface area contributed by atoms with Crippen molar-refractivity contribution in [3.05, 3.63) is 17.0 Å². The zero-order valence-electron chi connectivity index (χ0n) is 12.4. The number of carbonyl (C=O) groups is 1. The van der Waals surface area contributed by atoms with Crippen LogP contribution in [0.4, 0.5) is 0 Å². The van der Waals surface area contributed by atoms with Gasteiger partial charge in [0.1, 0.15) is 5.76 Å². The van der Waals surface area contributed by atoms with Gasteiger partial charge < -0.3 is 14.7 Å². The van der Waals surface area contributed by atoms with Crippen LogP contribution < -0.4 is 5.32 Å². The SMILES string of the molecule is CNCC1CCN(C(=O)Cc2c(C)noc2C)CC1.Cl. The number of hydrogen-bond acceptors (Lipinski definition) is 4. The first kappa shape index (κ1) is 17.0. The number of hydrogen-bond donors (Lipinski definition) is 1. The Labute approximate surface area is 126 Å². The maximum absolute atomic E-state index is 12.3. The molecule has 0 unspecified atom stereocenters. The molecule has 0 atom stereocenters. The summed E-state index contributed by atoms with van der Waals surface area (Å²) in [6.07, 6.45) is 2.60. The first-order valence-electron chi connectivity index (χ1n) is 6.96. The van der Waals surface area contributed by atoms with Gasteiger partial charge in [-0.15, -0.1) is 12.4 Å². The summed E-state index contributed by atoms with van der Waals surface area (Å²) in [6.45, 7) is 6.54. The summed E-state index contributed by atoms with van der Waals surface area (Å²) < 4.78 is 5.10. The molecular formula is C14H24ClN3O2. The number of rotatable bonds is 4. The van der Waals surface area contributed by atoms with E-state index < -0.39 is 0 Å². The molecule has 1 fully saturated rings. The number of amides is 1. The van der Waals surface area contributed by atoms with Gasteiger partial charge in [0.15, 0.2) is 0 Å².